The second-order valence-electron chi connectivity index (χ2n) is 6.93. The van der Waals surface area contributed by atoms with Crippen molar-refractivity contribution in [3.05, 3.63) is 66.5 Å². The average Bonchev–Trinajstić information content (AvgIpc) is 2.79. The van der Waals surface area contributed by atoms with E-state index in [9.17, 15) is 0 Å². The van der Waals surface area contributed by atoms with Crippen LogP contribution in [0.5, 0.6) is 0 Å². The Labute approximate surface area is 166 Å². The zero-order chi connectivity index (χ0) is 19.2. The van der Waals surface area contributed by atoms with E-state index in [1.165, 1.54) is 5.56 Å². The molecule has 1 N–H and O–H groups in total. The number of piperazine rings is 1. The number of rotatable bonds is 6. The van der Waals surface area contributed by atoms with Gasteiger partial charge in [-0.3, -0.25) is 4.98 Å². The van der Waals surface area contributed by atoms with E-state index in [-0.39, 0.29) is 0 Å². The van der Waals surface area contributed by atoms with Gasteiger partial charge in [0.25, 0.3) is 0 Å². The summed E-state index contributed by atoms with van der Waals surface area (Å²) in [5.74, 6) is 2.59. The molecule has 0 amide bonds. The maximum Gasteiger partial charge on any atom is 0.163 e. The van der Waals surface area contributed by atoms with Crippen molar-refractivity contribution < 1.29 is 0 Å². The number of aromatic nitrogens is 3. The topological polar surface area (TPSA) is 57.2 Å². The van der Waals surface area contributed by atoms with Crippen LogP contribution in [0.25, 0.3) is 11.4 Å². The van der Waals surface area contributed by atoms with E-state index in [1.807, 2.05) is 42.7 Å². The summed E-state index contributed by atoms with van der Waals surface area (Å²) < 4.78 is 0. The van der Waals surface area contributed by atoms with Crippen LogP contribution in [-0.4, -0.2) is 52.6 Å². The molecule has 1 aromatic carbocycles. The Bertz CT molecular complexity index is 876. The summed E-state index contributed by atoms with van der Waals surface area (Å²) in [4.78, 5) is 18.6. The number of benzene rings is 1. The van der Waals surface area contributed by atoms with Crippen LogP contribution in [0.4, 0.5) is 11.6 Å². The highest BCUT2D eigenvalue weighted by atomic mass is 15.3. The average molecular weight is 374 g/mol. The summed E-state index contributed by atoms with van der Waals surface area (Å²) in [7, 11) is 0. The first-order valence-electron chi connectivity index (χ1n) is 9.86. The van der Waals surface area contributed by atoms with Crippen molar-refractivity contribution in [2.75, 3.05) is 42.9 Å². The number of hydrogen-bond acceptors (Lipinski definition) is 6. The van der Waals surface area contributed by atoms with Crippen molar-refractivity contribution in [1.29, 1.82) is 0 Å². The molecule has 6 heteroatoms. The van der Waals surface area contributed by atoms with Crippen LogP contribution in [0.2, 0.25) is 0 Å². The molecule has 1 saturated heterocycles. The van der Waals surface area contributed by atoms with Gasteiger partial charge in [-0.05, 0) is 24.2 Å². The number of likely N-dealkylation sites (N-methyl/N-ethyl adjacent to an activating group) is 1. The zero-order valence-electron chi connectivity index (χ0n) is 16.3. The van der Waals surface area contributed by atoms with Crippen LogP contribution in [0.15, 0.2) is 60.9 Å². The molecule has 144 valence electrons. The van der Waals surface area contributed by atoms with Gasteiger partial charge >= 0.3 is 0 Å². The minimum absolute atomic E-state index is 0.705. The number of pyridine rings is 1. The molecule has 0 aliphatic carbocycles. The number of nitrogens with zero attached hydrogens (tertiary/aromatic N) is 5. The summed E-state index contributed by atoms with van der Waals surface area (Å²) in [6.45, 7) is 8.14. The number of anilines is 2. The Kier molecular flexibility index (Phi) is 5.77. The van der Waals surface area contributed by atoms with E-state index >= 15 is 0 Å². The Hall–Kier alpha value is -2.99. The monoisotopic (exact) mass is 374 g/mol. The van der Waals surface area contributed by atoms with E-state index in [0.717, 1.165) is 55.7 Å². The Morgan fingerprint density at radius 1 is 0.929 bits per heavy atom. The van der Waals surface area contributed by atoms with Crippen LogP contribution >= 0.6 is 0 Å². The van der Waals surface area contributed by atoms with Gasteiger partial charge < -0.3 is 15.1 Å². The summed E-state index contributed by atoms with van der Waals surface area (Å²) in [5.41, 5.74) is 2.21. The van der Waals surface area contributed by atoms with Crippen LogP contribution in [0, 0.1) is 0 Å². The van der Waals surface area contributed by atoms with Gasteiger partial charge in [-0.1, -0.05) is 37.3 Å². The molecule has 1 aliphatic heterocycles. The van der Waals surface area contributed by atoms with E-state index in [1.54, 1.807) is 0 Å². The van der Waals surface area contributed by atoms with Gasteiger partial charge in [0, 0.05) is 56.7 Å². The van der Waals surface area contributed by atoms with Crippen molar-refractivity contribution in [3.63, 3.8) is 0 Å². The highest BCUT2D eigenvalue weighted by Gasteiger charge is 2.18. The molecule has 0 saturated carbocycles. The maximum absolute atomic E-state index is 4.88. The zero-order valence-corrected chi connectivity index (χ0v) is 16.3. The Balaban J connectivity index is 1.59. The Morgan fingerprint density at radius 2 is 1.68 bits per heavy atom. The quantitative estimate of drug-likeness (QED) is 0.714. The second-order valence-corrected chi connectivity index (χ2v) is 6.93. The van der Waals surface area contributed by atoms with Crippen LogP contribution in [0.3, 0.4) is 0 Å². The van der Waals surface area contributed by atoms with Gasteiger partial charge in [0.05, 0.1) is 0 Å². The summed E-state index contributed by atoms with van der Waals surface area (Å²) in [6.07, 6.45) is 3.62. The van der Waals surface area contributed by atoms with Crippen molar-refractivity contribution in [2.45, 2.75) is 13.5 Å². The molecule has 3 aromatic rings. The molecule has 0 unspecified atom stereocenters. The summed E-state index contributed by atoms with van der Waals surface area (Å²) in [5, 5.41) is 3.45. The fraction of sp³-hybridized carbons (Fsp3) is 0.318. The molecule has 3 heterocycles. The van der Waals surface area contributed by atoms with Crippen LogP contribution in [-0.2, 0) is 6.54 Å². The largest absolute Gasteiger partial charge is 0.366 e. The van der Waals surface area contributed by atoms with Gasteiger partial charge in [-0.2, -0.15) is 0 Å². The first kappa shape index (κ1) is 18.4. The van der Waals surface area contributed by atoms with Gasteiger partial charge in [-0.25, -0.2) is 9.97 Å². The van der Waals surface area contributed by atoms with E-state index < -0.39 is 0 Å². The minimum atomic E-state index is 0.705. The highest BCUT2D eigenvalue weighted by Crippen LogP contribution is 2.23. The molecule has 4 rings (SSSR count). The van der Waals surface area contributed by atoms with E-state index in [0.29, 0.717) is 6.54 Å². The lowest BCUT2D eigenvalue weighted by atomic mass is 10.2. The fourth-order valence-corrected chi connectivity index (χ4v) is 3.39. The number of hydrogen-bond donors (Lipinski definition) is 1. The molecule has 2 aromatic heterocycles. The summed E-state index contributed by atoms with van der Waals surface area (Å²) in [6, 6.07) is 16.3. The molecule has 1 fully saturated rings. The standard InChI is InChI=1S/C22H26N6/c1-2-27-12-14-28(15-13-27)21-16-20(24-17-18-8-10-23-11-9-18)25-22(26-21)19-6-4-3-5-7-19/h3-11,16H,2,12-15,17H2,1H3,(H,24,25,26). The molecule has 0 atom stereocenters. The van der Waals surface area contributed by atoms with Gasteiger partial charge in [0.1, 0.15) is 11.6 Å². The molecule has 0 radical (unpaired) electrons. The summed E-state index contributed by atoms with van der Waals surface area (Å²) >= 11 is 0. The van der Waals surface area contributed by atoms with Crippen molar-refractivity contribution in [3.8, 4) is 11.4 Å². The molecule has 28 heavy (non-hydrogen) atoms. The lowest BCUT2D eigenvalue weighted by Crippen LogP contribution is -2.46. The van der Waals surface area contributed by atoms with E-state index in [4.69, 9.17) is 9.97 Å². The lowest BCUT2D eigenvalue weighted by Gasteiger charge is -2.35. The smallest absolute Gasteiger partial charge is 0.163 e. The number of nitrogens with one attached hydrogen (secondary N) is 1. The third-order valence-electron chi connectivity index (χ3n) is 5.11. The van der Waals surface area contributed by atoms with Gasteiger partial charge in [0.15, 0.2) is 5.82 Å². The first-order valence-corrected chi connectivity index (χ1v) is 9.86. The highest BCUT2D eigenvalue weighted by molar-refractivity contribution is 5.62. The molecule has 1 aliphatic rings. The SMILES string of the molecule is CCN1CCN(c2cc(NCc3ccncc3)nc(-c3ccccc3)n2)CC1. The van der Waals surface area contributed by atoms with Gasteiger partial charge in [-0.15, -0.1) is 0 Å². The first-order chi connectivity index (χ1) is 13.8. The van der Waals surface area contributed by atoms with Crippen molar-refractivity contribution in [2.24, 2.45) is 0 Å². The fourth-order valence-electron chi connectivity index (χ4n) is 3.39. The predicted octanol–water partition coefficient (Wildman–Crippen LogP) is 3.29. The molecule has 6 nitrogen and oxygen atoms in total. The maximum atomic E-state index is 4.88. The van der Waals surface area contributed by atoms with Crippen LogP contribution in [0.1, 0.15) is 12.5 Å². The lowest BCUT2D eigenvalue weighted by molar-refractivity contribution is 0.270. The third kappa shape index (κ3) is 4.46. The van der Waals surface area contributed by atoms with E-state index in [2.05, 4.69) is 45.2 Å². The van der Waals surface area contributed by atoms with Crippen molar-refractivity contribution >= 4 is 11.6 Å². The minimum Gasteiger partial charge on any atom is -0.366 e. The van der Waals surface area contributed by atoms with Crippen molar-refractivity contribution in [1.82, 2.24) is 19.9 Å². The second kappa shape index (κ2) is 8.80. The molecular weight excluding hydrogens is 348 g/mol. The molecular formula is C22H26N6. The normalized spacial score (nSPS) is 14.8. The molecule has 0 bridgehead atoms. The third-order valence-corrected chi connectivity index (χ3v) is 5.11. The predicted molar refractivity (Wildman–Crippen MR) is 113 cm³/mol. The Morgan fingerprint density at radius 3 is 2.39 bits per heavy atom. The van der Waals surface area contributed by atoms with Crippen LogP contribution < -0.4 is 10.2 Å². The molecule has 0 spiro atoms. The van der Waals surface area contributed by atoms with Gasteiger partial charge in [0.2, 0.25) is 0 Å².